The maximum atomic E-state index is 12.9. The maximum absolute atomic E-state index is 12.9. The van der Waals surface area contributed by atoms with E-state index in [1.54, 1.807) is 18.3 Å². The standard InChI is InChI=1S/C23H26N4O5S/c24-17(10-14-11-25-18-4-2-1-3-16(14)18)21(29)26-19(9-13-5-7-15(28)8-6-13)22(30)27-20(12-33)23(31)32/h1-8,11,17,19-20,25,28,33H,9-10,12,24H2,(H,26,29)(H,27,30)(H,31,32). The van der Waals surface area contributed by atoms with Crippen LogP contribution >= 0.6 is 12.6 Å². The van der Waals surface area contributed by atoms with E-state index in [4.69, 9.17) is 5.73 Å². The smallest absolute Gasteiger partial charge is 0.327 e. The van der Waals surface area contributed by atoms with Crippen molar-refractivity contribution in [3.8, 4) is 5.75 Å². The van der Waals surface area contributed by atoms with E-state index in [0.717, 1.165) is 16.5 Å². The van der Waals surface area contributed by atoms with Gasteiger partial charge in [0.25, 0.3) is 0 Å². The SMILES string of the molecule is NC(Cc1c[nH]c2ccccc12)C(=O)NC(Cc1ccc(O)cc1)C(=O)NC(CS)C(=O)O. The summed E-state index contributed by atoms with van der Waals surface area (Å²) < 4.78 is 0. The van der Waals surface area contributed by atoms with E-state index in [2.05, 4.69) is 28.2 Å². The molecule has 0 bridgehead atoms. The van der Waals surface area contributed by atoms with E-state index in [0.29, 0.717) is 5.56 Å². The Labute approximate surface area is 195 Å². The summed E-state index contributed by atoms with van der Waals surface area (Å²) in [5, 5.41) is 24.7. The molecule has 33 heavy (non-hydrogen) atoms. The van der Waals surface area contributed by atoms with Gasteiger partial charge < -0.3 is 31.6 Å². The second-order valence-electron chi connectivity index (χ2n) is 7.68. The Morgan fingerprint density at radius 3 is 2.30 bits per heavy atom. The van der Waals surface area contributed by atoms with Crippen LogP contribution in [0, 0.1) is 0 Å². The van der Waals surface area contributed by atoms with E-state index >= 15 is 0 Å². The molecule has 3 rings (SSSR count). The first-order chi connectivity index (χ1) is 15.8. The molecular formula is C23H26N4O5S. The lowest BCUT2D eigenvalue weighted by atomic mass is 10.0. The Morgan fingerprint density at radius 2 is 1.64 bits per heavy atom. The number of carboxylic acids is 1. The molecule has 0 aliphatic carbocycles. The molecule has 174 valence electrons. The molecule has 2 aromatic carbocycles. The van der Waals surface area contributed by atoms with Crippen molar-refractivity contribution in [2.24, 2.45) is 5.73 Å². The normalized spacial score (nSPS) is 13.8. The van der Waals surface area contributed by atoms with Crippen molar-refractivity contribution in [3.63, 3.8) is 0 Å². The molecule has 0 aliphatic rings. The van der Waals surface area contributed by atoms with Gasteiger partial charge in [0.2, 0.25) is 11.8 Å². The van der Waals surface area contributed by atoms with E-state index in [9.17, 15) is 24.6 Å². The zero-order valence-corrected chi connectivity index (χ0v) is 18.6. The number of fused-ring (bicyclic) bond motifs is 1. The van der Waals surface area contributed by atoms with Crippen molar-refractivity contribution in [2.75, 3.05) is 5.75 Å². The van der Waals surface area contributed by atoms with Crippen molar-refractivity contribution in [3.05, 3.63) is 65.9 Å². The summed E-state index contributed by atoms with van der Waals surface area (Å²) in [5.41, 5.74) is 8.60. The number of carbonyl (C=O) groups excluding carboxylic acids is 2. The van der Waals surface area contributed by atoms with Crippen molar-refractivity contribution in [2.45, 2.75) is 31.0 Å². The monoisotopic (exact) mass is 470 g/mol. The molecule has 2 amide bonds. The number of rotatable bonds is 10. The number of carbonyl (C=O) groups is 3. The number of hydrogen-bond acceptors (Lipinski definition) is 6. The first-order valence-electron chi connectivity index (χ1n) is 10.3. The topological polar surface area (TPSA) is 158 Å². The lowest BCUT2D eigenvalue weighted by Crippen LogP contribution is -2.55. The molecule has 0 fully saturated rings. The number of aliphatic carboxylic acids is 1. The number of phenols is 1. The Balaban J connectivity index is 1.74. The minimum Gasteiger partial charge on any atom is -0.508 e. The zero-order chi connectivity index (χ0) is 24.0. The molecule has 0 radical (unpaired) electrons. The second kappa shape index (κ2) is 10.9. The highest BCUT2D eigenvalue weighted by Gasteiger charge is 2.28. The summed E-state index contributed by atoms with van der Waals surface area (Å²) in [4.78, 5) is 40.1. The lowest BCUT2D eigenvalue weighted by Gasteiger charge is -2.22. The van der Waals surface area contributed by atoms with Gasteiger partial charge in [-0.25, -0.2) is 4.79 Å². The quantitative estimate of drug-likeness (QED) is 0.219. The molecule has 0 saturated heterocycles. The number of benzene rings is 2. The highest BCUT2D eigenvalue weighted by Crippen LogP contribution is 2.19. The van der Waals surface area contributed by atoms with E-state index in [1.165, 1.54) is 12.1 Å². The molecule has 3 unspecified atom stereocenters. The van der Waals surface area contributed by atoms with Crippen LogP contribution in [0.2, 0.25) is 0 Å². The van der Waals surface area contributed by atoms with Gasteiger partial charge in [0.05, 0.1) is 6.04 Å². The fraction of sp³-hybridized carbons (Fsp3) is 0.261. The van der Waals surface area contributed by atoms with Crippen LogP contribution in [0.4, 0.5) is 0 Å². The first-order valence-corrected chi connectivity index (χ1v) is 10.9. The Kier molecular flexibility index (Phi) is 7.96. The number of amides is 2. The van der Waals surface area contributed by atoms with Gasteiger partial charge in [0, 0.05) is 29.3 Å². The van der Waals surface area contributed by atoms with Gasteiger partial charge in [0.1, 0.15) is 17.8 Å². The van der Waals surface area contributed by atoms with Gasteiger partial charge in [-0.1, -0.05) is 30.3 Å². The average Bonchev–Trinajstić information content (AvgIpc) is 3.20. The molecule has 9 nitrogen and oxygen atoms in total. The summed E-state index contributed by atoms with van der Waals surface area (Å²) >= 11 is 3.96. The molecule has 10 heteroatoms. The number of H-pyrrole nitrogens is 1. The molecule has 0 spiro atoms. The lowest BCUT2D eigenvalue weighted by molar-refractivity contribution is -0.141. The Hall–Kier alpha value is -3.50. The van der Waals surface area contributed by atoms with Gasteiger partial charge >= 0.3 is 5.97 Å². The molecule has 1 aromatic heterocycles. The molecular weight excluding hydrogens is 444 g/mol. The van der Waals surface area contributed by atoms with Crippen molar-refractivity contribution in [1.82, 2.24) is 15.6 Å². The van der Waals surface area contributed by atoms with Crippen LogP contribution in [0.15, 0.2) is 54.7 Å². The van der Waals surface area contributed by atoms with E-state index in [1.807, 2.05) is 24.3 Å². The van der Waals surface area contributed by atoms with Crippen molar-refractivity contribution < 1.29 is 24.6 Å². The van der Waals surface area contributed by atoms with Crippen LogP contribution in [0.25, 0.3) is 10.9 Å². The summed E-state index contributed by atoms with van der Waals surface area (Å²) in [6.45, 7) is 0. The van der Waals surface area contributed by atoms with Crippen LogP contribution in [-0.4, -0.2) is 56.9 Å². The number of para-hydroxylation sites is 1. The largest absolute Gasteiger partial charge is 0.508 e. The van der Waals surface area contributed by atoms with E-state index < -0.39 is 35.9 Å². The number of aromatic nitrogens is 1. The highest BCUT2D eigenvalue weighted by molar-refractivity contribution is 7.80. The van der Waals surface area contributed by atoms with Gasteiger partial charge in [-0.15, -0.1) is 0 Å². The average molecular weight is 471 g/mol. The molecule has 0 aliphatic heterocycles. The van der Waals surface area contributed by atoms with Crippen molar-refractivity contribution >= 4 is 41.3 Å². The number of hydrogen-bond donors (Lipinski definition) is 7. The fourth-order valence-corrected chi connectivity index (χ4v) is 3.69. The maximum Gasteiger partial charge on any atom is 0.327 e. The van der Waals surface area contributed by atoms with Gasteiger partial charge in [-0.05, 0) is 35.7 Å². The second-order valence-corrected chi connectivity index (χ2v) is 8.05. The predicted molar refractivity (Wildman–Crippen MR) is 127 cm³/mol. The van der Waals surface area contributed by atoms with Gasteiger partial charge in [-0.2, -0.15) is 12.6 Å². The van der Waals surface area contributed by atoms with Crippen LogP contribution in [0.1, 0.15) is 11.1 Å². The number of nitrogens with two attached hydrogens (primary N) is 1. The van der Waals surface area contributed by atoms with Crippen LogP contribution in [0.3, 0.4) is 0 Å². The third-order valence-electron chi connectivity index (χ3n) is 5.26. The van der Waals surface area contributed by atoms with Gasteiger partial charge in [-0.3, -0.25) is 9.59 Å². The molecule has 0 saturated carbocycles. The molecule has 3 atom stereocenters. The van der Waals surface area contributed by atoms with Crippen LogP contribution < -0.4 is 16.4 Å². The minimum atomic E-state index is -1.23. The molecule has 3 aromatic rings. The highest BCUT2D eigenvalue weighted by atomic mass is 32.1. The summed E-state index contributed by atoms with van der Waals surface area (Å²) in [5.74, 6) is -2.50. The number of aromatic hydroxyl groups is 1. The number of phenolic OH excluding ortho intramolecular Hbond substituents is 1. The molecule has 7 N–H and O–H groups in total. The number of carboxylic acid groups (broad SMARTS) is 1. The van der Waals surface area contributed by atoms with E-state index in [-0.39, 0.29) is 24.3 Å². The van der Waals surface area contributed by atoms with Crippen molar-refractivity contribution in [1.29, 1.82) is 0 Å². The Bertz CT molecular complexity index is 1130. The number of thiol groups is 1. The molecule has 1 heterocycles. The third-order valence-corrected chi connectivity index (χ3v) is 5.62. The van der Waals surface area contributed by atoms with Crippen LogP contribution in [0.5, 0.6) is 5.75 Å². The fourth-order valence-electron chi connectivity index (χ4n) is 3.44. The predicted octanol–water partition coefficient (Wildman–Crippen LogP) is 0.970. The minimum absolute atomic E-state index is 0.0607. The third kappa shape index (κ3) is 6.27. The first kappa shape index (κ1) is 24.1. The van der Waals surface area contributed by atoms with Gasteiger partial charge in [0.15, 0.2) is 0 Å². The summed E-state index contributed by atoms with van der Waals surface area (Å²) in [7, 11) is 0. The summed E-state index contributed by atoms with van der Waals surface area (Å²) in [6, 6.07) is 10.6. The Morgan fingerprint density at radius 1 is 0.970 bits per heavy atom. The number of aromatic amines is 1. The van der Waals surface area contributed by atoms with Crippen LogP contribution in [-0.2, 0) is 27.2 Å². The number of nitrogens with one attached hydrogen (secondary N) is 3. The summed E-state index contributed by atoms with van der Waals surface area (Å²) in [6.07, 6.45) is 2.12. The zero-order valence-electron chi connectivity index (χ0n) is 17.7.